The van der Waals surface area contributed by atoms with Gasteiger partial charge in [-0.05, 0) is 29.5 Å². The average molecular weight is 331 g/mol. The molecular weight excluding hydrogens is 325 g/mol. The van der Waals surface area contributed by atoms with E-state index in [1.807, 2.05) is 0 Å². The second-order valence-corrected chi connectivity index (χ2v) is 6.87. The molecule has 104 valence electrons. The summed E-state index contributed by atoms with van der Waals surface area (Å²) >= 11 is -0.628. The molecule has 0 aliphatic heterocycles. The van der Waals surface area contributed by atoms with Gasteiger partial charge in [0.25, 0.3) is 9.05 Å². The summed E-state index contributed by atoms with van der Waals surface area (Å²) in [5, 5.41) is 8.71. The number of hydrogen-bond acceptors (Lipinski definition) is 5. The number of nitrogens with two attached hydrogens (primary N) is 1. The molecule has 0 aliphatic rings. The molecule has 0 amide bonds. The van der Waals surface area contributed by atoms with Crippen LogP contribution >= 0.6 is 22.4 Å². The predicted molar refractivity (Wildman–Crippen MR) is 64.0 cm³/mol. The molecule has 0 saturated carbocycles. The van der Waals surface area contributed by atoms with Gasteiger partial charge in [-0.3, -0.25) is 0 Å². The standard InChI is InChI=1S/C9H6ClF3N2O2S2/c10-19(16,17)7-2-5(3-14)1-6(4-15)8(7)18-9(11,12)13/h1-2H,4,15H2. The molecule has 0 heterocycles. The highest BCUT2D eigenvalue weighted by Gasteiger charge is 2.34. The Labute approximate surface area is 115 Å². The third kappa shape index (κ3) is 4.28. The van der Waals surface area contributed by atoms with E-state index >= 15 is 0 Å². The normalized spacial score (nSPS) is 12.2. The lowest BCUT2D eigenvalue weighted by Gasteiger charge is -2.13. The molecule has 0 radical (unpaired) electrons. The van der Waals surface area contributed by atoms with Crippen LogP contribution in [-0.4, -0.2) is 13.9 Å². The molecule has 10 heteroatoms. The van der Waals surface area contributed by atoms with Gasteiger partial charge in [-0.2, -0.15) is 18.4 Å². The molecule has 0 fully saturated rings. The van der Waals surface area contributed by atoms with E-state index in [1.54, 1.807) is 6.07 Å². The van der Waals surface area contributed by atoms with Crippen LogP contribution in [0.5, 0.6) is 0 Å². The highest BCUT2D eigenvalue weighted by molar-refractivity contribution is 8.14. The average Bonchev–Trinajstić information content (AvgIpc) is 2.25. The highest BCUT2D eigenvalue weighted by Crippen LogP contribution is 2.42. The number of alkyl halides is 3. The Kier molecular flexibility index (Phi) is 4.73. The van der Waals surface area contributed by atoms with Crippen LogP contribution in [0.2, 0.25) is 0 Å². The van der Waals surface area contributed by atoms with Crippen LogP contribution in [0.1, 0.15) is 11.1 Å². The van der Waals surface area contributed by atoms with Crippen LogP contribution in [0.25, 0.3) is 0 Å². The number of hydrogen-bond donors (Lipinski definition) is 1. The molecule has 0 unspecified atom stereocenters. The number of benzene rings is 1. The molecule has 4 nitrogen and oxygen atoms in total. The van der Waals surface area contributed by atoms with Gasteiger partial charge in [0, 0.05) is 22.1 Å². The van der Waals surface area contributed by atoms with Crippen molar-refractivity contribution in [3.63, 3.8) is 0 Å². The van der Waals surface area contributed by atoms with Crippen molar-refractivity contribution in [3.8, 4) is 6.07 Å². The molecule has 2 N–H and O–H groups in total. The fourth-order valence-electron chi connectivity index (χ4n) is 1.29. The maximum absolute atomic E-state index is 12.4. The Morgan fingerprint density at radius 2 is 2.00 bits per heavy atom. The summed E-state index contributed by atoms with van der Waals surface area (Å²) in [6.45, 7) is -0.354. The summed E-state index contributed by atoms with van der Waals surface area (Å²) in [4.78, 5) is -1.38. The van der Waals surface area contributed by atoms with E-state index in [1.165, 1.54) is 0 Å². The van der Waals surface area contributed by atoms with Gasteiger partial charge in [-0.25, -0.2) is 8.42 Å². The van der Waals surface area contributed by atoms with Crippen molar-refractivity contribution in [1.29, 1.82) is 5.26 Å². The molecule has 0 aliphatic carbocycles. The van der Waals surface area contributed by atoms with Crippen LogP contribution < -0.4 is 5.73 Å². The number of rotatable bonds is 3. The van der Waals surface area contributed by atoms with Crippen LogP contribution in [0, 0.1) is 11.3 Å². The quantitative estimate of drug-likeness (QED) is 0.680. The second kappa shape index (κ2) is 5.58. The Morgan fingerprint density at radius 1 is 1.42 bits per heavy atom. The van der Waals surface area contributed by atoms with Crippen LogP contribution in [-0.2, 0) is 15.6 Å². The van der Waals surface area contributed by atoms with Gasteiger partial charge >= 0.3 is 5.51 Å². The Hall–Kier alpha value is -0.950. The van der Waals surface area contributed by atoms with Gasteiger partial charge < -0.3 is 5.73 Å². The summed E-state index contributed by atoms with van der Waals surface area (Å²) < 4.78 is 59.9. The number of thioether (sulfide) groups is 1. The molecule has 0 atom stereocenters. The van der Waals surface area contributed by atoms with Crippen molar-refractivity contribution in [2.24, 2.45) is 5.73 Å². The van der Waals surface area contributed by atoms with Crippen LogP contribution in [0.15, 0.2) is 21.9 Å². The van der Waals surface area contributed by atoms with E-state index in [0.29, 0.717) is 0 Å². The lowest BCUT2D eigenvalue weighted by molar-refractivity contribution is -0.0329. The minimum Gasteiger partial charge on any atom is -0.326 e. The molecule has 0 saturated heterocycles. The zero-order valence-corrected chi connectivity index (χ0v) is 11.4. The van der Waals surface area contributed by atoms with Crippen LogP contribution in [0.4, 0.5) is 13.2 Å². The first-order valence-electron chi connectivity index (χ1n) is 4.56. The summed E-state index contributed by atoms with van der Waals surface area (Å²) in [5.41, 5.74) is 0.334. The molecule has 0 aromatic heterocycles. The maximum atomic E-state index is 12.4. The van der Waals surface area contributed by atoms with E-state index in [4.69, 9.17) is 21.7 Å². The molecule has 1 aromatic rings. The van der Waals surface area contributed by atoms with Crippen molar-refractivity contribution < 1.29 is 21.6 Å². The Balaban J connectivity index is 3.62. The predicted octanol–water partition coefficient (Wildman–Crippen LogP) is 2.56. The first kappa shape index (κ1) is 16.1. The molecule has 19 heavy (non-hydrogen) atoms. The fraction of sp³-hybridized carbons (Fsp3) is 0.222. The largest absolute Gasteiger partial charge is 0.446 e. The first-order chi connectivity index (χ1) is 8.58. The molecule has 0 spiro atoms. The number of nitrogens with zero attached hydrogens (tertiary/aromatic N) is 1. The molecule has 0 bridgehead atoms. The Morgan fingerprint density at radius 3 is 2.37 bits per heavy atom. The van der Waals surface area contributed by atoms with Crippen molar-refractivity contribution in [3.05, 3.63) is 23.3 Å². The summed E-state index contributed by atoms with van der Waals surface area (Å²) in [6, 6.07) is 3.52. The van der Waals surface area contributed by atoms with Gasteiger partial charge in [-0.15, -0.1) is 0 Å². The lowest BCUT2D eigenvalue weighted by Crippen LogP contribution is -2.08. The molecule has 1 rings (SSSR count). The van der Waals surface area contributed by atoms with Crippen molar-refractivity contribution >= 4 is 31.5 Å². The number of halogens is 4. The van der Waals surface area contributed by atoms with E-state index in [-0.39, 0.29) is 17.7 Å². The first-order valence-corrected chi connectivity index (χ1v) is 7.68. The second-order valence-electron chi connectivity index (χ2n) is 3.26. The monoisotopic (exact) mass is 330 g/mol. The third-order valence-corrected chi connectivity index (χ3v) is 4.35. The van der Waals surface area contributed by atoms with E-state index in [0.717, 1.165) is 12.1 Å². The SMILES string of the molecule is N#Cc1cc(CN)c(SC(F)(F)F)c(S(=O)(=O)Cl)c1. The molecule has 1 aromatic carbocycles. The van der Waals surface area contributed by atoms with E-state index in [2.05, 4.69) is 0 Å². The highest BCUT2D eigenvalue weighted by atomic mass is 35.7. The van der Waals surface area contributed by atoms with Crippen molar-refractivity contribution in [1.82, 2.24) is 0 Å². The van der Waals surface area contributed by atoms with E-state index in [9.17, 15) is 21.6 Å². The van der Waals surface area contributed by atoms with Crippen molar-refractivity contribution in [2.75, 3.05) is 0 Å². The van der Waals surface area contributed by atoms with Gasteiger partial charge in [0.1, 0.15) is 0 Å². The van der Waals surface area contributed by atoms with Crippen LogP contribution in [0.3, 0.4) is 0 Å². The smallest absolute Gasteiger partial charge is 0.326 e. The minimum atomic E-state index is -4.70. The van der Waals surface area contributed by atoms with Gasteiger partial charge in [0.05, 0.1) is 16.5 Å². The zero-order valence-electron chi connectivity index (χ0n) is 9.03. The summed E-state index contributed by atoms with van der Waals surface area (Å²) in [7, 11) is 0.665. The number of nitriles is 1. The van der Waals surface area contributed by atoms with Crippen molar-refractivity contribution in [2.45, 2.75) is 21.8 Å². The minimum absolute atomic E-state index is 0.111. The van der Waals surface area contributed by atoms with E-state index < -0.39 is 36.1 Å². The molecular formula is C9H6ClF3N2O2S2. The summed E-state index contributed by atoms with van der Waals surface area (Å²) in [6.07, 6.45) is 0. The third-order valence-electron chi connectivity index (χ3n) is 1.96. The summed E-state index contributed by atoms with van der Waals surface area (Å²) in [5.74, 6) is 0. The fourth-order valence-corrected chi connectivity index (χ4v) is 3.53. The van der Waals surface area contributed by atoms with Gasteiger partial charge in [0.2, 0.25) is 0 Å². The lowest BCUT2D eigenvalue weighted by atomic mass is 10.1. The topological polar surface area (TPSA) is 83.9 Å². The Bertz CT molecular complexity index is 638. The van der Waals surface area contributed by atoms with Gasteiger partial charge in [-0.1, -0.05) is 0 Å². The zero-order chi connectivity index (χ0) is 14.8. The van der Waals surface area contributed by atoms with Gasteiger partial charge in [0.15, 0.2) is 0 Å². The maximum Gasteiger partial charge on any atom is 0.446 e.